The van der Waals surface area contributed by atoms with Gasteiger partial charge in [-0.05, 0) is 117 Å². The molecule has 2 saturated carbocycles. The Morgan fingerprint density at radius 3 is 0.882 bits per heavy atom. The lowest BCUT2D eigenvalue weighted by molar-refractivity contribution is -0.482. The highest BCUT2D eigenvalue weighted by Gasteiger charge is 2.78. The average molecular weight is 1530 g/mol. The number of phenolic OH excluding ortho intramolecular Hbond substituents is 12. The monoisotopic (exact) mass is 1520 g/mol. The van der Waals surface area contributed by atoms with Crippen molar-refractivity contribution in [2.75, 3.05) is 42.7 Å². The third kappa shape index (κ3) is 15.4. The third-order valence-electron chi connectivity index (χ3n) is 20.3. The van der Waals surface area contributed by atoms with Gasteiger partial charge in [0.2, 0.25) is 36.0 Å². The number of rotatable bonds is 26. The molecular weight excluding hydrogens is 1450 g/mol. The van der Waals surface area contributed by atoms with E-state index in [4.69, 9.17) is 56.8 Å². The number of fused-ring (bicyclic) bond motifs is 2. The Labute approximate surface area is 624 Å². The summed E-state index contributed by atoms with van der Waals surface area (Å²) in [5.41, 5.74) is 0.705. The van der Waals surface area contributed by atoms with Crippen LogP contribution in [0.15, 0.2) is 157 Å². The molecule has 4 unspecified atom stereocenters. The maximum absolute atomic E-state index is 16.1. The predicted molar refractivity (Wildman–Crippen MR) is 371 cm³/mol. The molecule has 12 N–H and O–H groups in total. The van der Waals surface area contributed by atoms with E-state index in [1.807, 2.05) is 0 Å². The van der Waals surface area contributed by atoms with Crippen LogP contribution < -0.4 is 0 Å². The molecule has 580 valence electrons. The van der Waals surface area contributed by atoms with E-state index in [-0.39, 0.29) is 44.5 Å². The fourth-order valence-electron chi connectivity index (χ4n) is 15.4. The summed E-state index contributed by atoms with van der Waals surface area (Å²) in [5.74, 6) is -34.3. The van der Waals surface area contributed by atoms with E-state index in [1.165, 1.54) is 60.7 Å². The number of carbonyl (C=O) groups is 8. The Balaban J connectivity index is 1.11. The molecule has 32 nitrogen and oxygen atoms in total. The van der Waals surface area contributed by atoms with Crippen LogP contribution in [0.5, 0.6) is 69.0 Å². The van der Waals surface area contributed by atoms with Gasteiger partial charge in [-0.25, -0.2) is 28.8 Å². The van der Waals surface area contributed by atoms with Gasteiger partial charge >= 0.3 is 47.8 Å². The molecule has 6 aromatic rings. The van der Waals surface area contributed by atoms with Gasteiger partial charge in [-0.3, -0.25) is 9.59 Å². The number of methoxy groups -OCH3 is 6. The number of aromatic hydroxyl groups is 12. The van der Waals surface area contributed by atoms with Crippen LogP contribution in [0, 0.1) is 35.5 Å². The molecule has 32 heteroatoms. The van der Waals surface area contributed by atoms with Gasteiger partial charge in [-0.15, -0.1) is 0 Å². The summed E-state index contributed by atoms with van der Waals surface area (Å²) in [6.45, 7) is 0. The molecule has 16 atom stereocenters. The van der Waals surface area contributed by atoms with Crippen LogP contribution in [-0.2, 0) is 121 Å². The zero-order valence-corrected chi connectivity index (χ0v) is 59.3. The minimum atomic E-state index is -2.47. The fourth-order valence-corrected chi connectivity index (χ4v) is 15.4. The summed E-state index contributed by atoms with van der Waals surface area (Å²) >= 11 is 0. The second kappa shape index (κ2) is 32.1. The number of phenols is 12. The van der Waals surface area contributed by atoms with Crippen molar-refractivity contribution in [2.24, 2.45) is 35.5 Å². The lowest BCUT2D eigenvalue weighted by Gasteiger charge is -2.69. The molecule has 1 aliphatic heterocycles. The molecule has 0 radical (unpaired) electrons. The molecule has 4 bridgehead atoms. The van der Waals surface area contributed by atoms with Gasteiger partial charge in [-0.2, -0.15) is 0 Å². The van der Waals surface area contributed by atoms with Crippen LogP contribution >= 0.6 is 0 Å². The van der Waals surface area contributed by atoms with Crippen LogP contribution in [0.2, 0.25) is 0 Å². The van der Waals surface area contributed by atoms with Gasteiger partial charge in [-0.1, -0.05) is 60.7 Å². The van der Waals surface area contributed by atoms with Crippen molar-refractivity contribution in [2.45, 2.75) is 85.7 Å². The number of hydrogen-bond donors (Lipinski definition) is 12. The number of allylic oxidation sites excluding steroid dienone is 2. The Morgan fingerprint density at radius 2 is 0.627 bits per heavy atom. The van der Waals surface area contributed by atoms with Gasteiger partial charge in [0.15, 0.2) is 69.0 Å². The van der Waals surface area contributed by atoms with E-state index in [0.29, 0.717) is 0 Å². The molecule has 1 saturated heterocycles. The fraction of sp³-hybridized carbons (Fsp3) is 0.333. The van der Waals surface area contributed by atoms with Crippen molar-refractivity contribution in [3.05, 3.63) is 190 Å². The van der Waals surface area contributed by atoms with Crippen molar-refractivity contribution < 1.29 is 156 Å². The molecule has 0 spiro atoms. The van der Waals surface area contributed by atoms with Gasteiger partial charge in [0, 0.05) is 75.7 Å². The normalized spacial score (nSPS) is 24.6. The largest absolute Gasteiger partial charge is 0.504 e. The van der Waals surface area contributed by atoms with Crippen molar-refractivity contribution >= 4 is 47.8 Å². The summed E-state index contributed by atoms with van der Waals surface area (Å²) in [7, 11) is 6.35. The standard InChI is InChI=1S/C78H76O32/c1-99-71(93)57(27-35-7-15-45(79)51(85)23-35)105-61(91)21-13-41-31-43-63(39-11-19-49(83)55(89)33-39)65(75(97)107-59(73(95)101-3)29-37-9-17-47(81)53(87)25-37)67(41)77(103-5)69(43)110-78(104-6)68-42(14-22-62(92)106-58(72(94)100-2)28-36-8-16-46(80)52(86)24-36)32-44(70(78)109-77)64(40-12-20-50(84)56(90)34-40)66(68)76(98)108-60(74(96)102-4)30-38-10-18-48(82)54(88)26-38/h7-26,31-34,43-44,57-60,63-70,79-90H,27-30H2,1-6H3/b21-13-,22-14+/t43-,44-,57?,58?,59?,60?,63-,64-,65+,66+,67+,68+,69-,70-,77+,78+/m0/s1. The molecule has 13 rings (SSSR count). The number of ether oxygens (including phenoxy) is 12. The number of carbonyl (C=O) groups excluding carboxylic acids is 8. The van der Waals surface area contributed by atoms with E-state index in [1.54, 1.807) is 0 Å². The third-order valence-corrected chi connectivity index (χ3v) is 20.3. The highest BCUT2D eigenvalue weighted by Crippen LogP contribution is 2.69. The quantitative estimate of drug-likeness (QED) is 0.0138. The molecule has 110 heavy (non-hydrogen) atoms. The Morgan fingerprint density at radius 1 is 0.364 bits per heavy atom. The molecule has 6 aromatic carbocycles. The van der Waals surface area contributed by atoms with Gasteiger partial charge < -0.3 is 118 Å². The van der Waals surface area contributed by atoms with E-state index < -0.39 is 238 Å². The Hall–Kier alpha value is -12.5. The first-order valence-corrected chi connectivity index (χ1v) is 33.9. The second-order valence-electron chi connectivity index (χ2n) is 26.5. The summed E-state index contributed by atoms with van der Waals surface area (Å²) in [6.07, 6.45) is -5.32. The molecule has 3 fully saturated rings. The number of hydrogen-bond acceptors (Lipinski definition) is 32. The summed E-state index contributed by atoms with van der Waals surface area (Å²) < 4.78 is 72.6. The smallest absolute Gasteiger partial charge is 0.347 e. The lowest BCUT2D eigenvalue weighted by Crippen LogP contribution is -2.80. The number of benzene rings is 6. The van der Waals surface area contributed by atoms with Crippen LogP contribution in [0.1, 0.15) is 45.2 Å². The van der Waals surface area contributed by atoms with Gasteiger partial charge in [0.05, 0.1) is 52.1 Å². The highest BCUT2D eigenvalue weighted by molar-refractivity contribution is 5.89. The van der Waals surface area contributed by atoms with E-state index in [2.05, 4.69) is 0 Å². The molecule has 6 aliphatic carbocycles. The van der Waals surface area contributed by atoms with Crippen LogP contribution in [-0.4, -0.2) is 200 Å². The average Bonchev–Trinajstić information content (AvgIpc) is 0.662. The van der Waals surface area contributed by atoms with Crippen molar-refractivity contribution in [3.8, 4) is 69.0 Å². The maximum Gasteiger partial charge on any atom is 0.347 e. The van der Waals surface area contributed by atoms with E-state index in [9.17, 15) is 90.0 Å². The van der Waals surface area contributed by atoms with Crippen LogP contribution in [0.3, 0.4) is 0 Å². The van der Waals surface area contributed by atoms with Gasteiger partial charge in [0.1, 0.15) is 12.2 Å². The van der Waals surface area contributed by atoms with Crippen molar-refractivity contribution in [1.82, 2.24) is 0 Å². The minimum Gasteiger partial charge on any atom is -0.504 e. The maximum atomic E-state index is 16.1. The minimum absolute atomic E-state index is 0.0284. The number of esters is 8. The zero-order chi connectivity index (χ0) is 79.5. The molecule has 7 aliphatic rings. The zero-order valence-electron chi connectivity index (χ0n) is 59.3. The van der Waals surface area contributed by atoms with Crippen LogP contribution in [0.25, 0.3) is 0 Å². The SMILES string of the molecule is COC(=O)C(Cc1ccc(O)c(O)c1)OC(=O)/C=C\C1=C[C@H]2[C@H](c3ccc(O)c(O)c3)[C@@H](C(=O)OC(Cc3ccc(O)c(O)c3)C(=O)OC)[C@@H]1[C@@]1(OC)O[C@H]3[C@H]4C=C(/C=C/C(=O)OC(Cc5ccc(O)c(O)c5)C(=O)OC)[C@H]([C@H](C(=O)OC(Cc5ccc(O)c(O)c5)C(=O)OC)[C@H]4c4ccc(O)c(O)c4)[C@@]3(OC)O[C@@H]21. The highest BCUT2D eigenvalue weighted by atomic mass is 16.8. The van der Waals surface area contributed by atoms with E-state index >= 15 is 9.59 Å². The van der Waals surface area contributed by atoms with Gasteiger partial charge in [0.25, 0.3) is 0 Å². The molecular formula is C78H76O32. The molecule has 1 heterocycles. The summed E-state index contributed by atoms with van der Waals surface area (Å²) in [4.78, 5) is 116. The first-order chi connectivity index (χ1) is 52.4. The first kappa shape index (κ1) is 78.5. The van der Waals surface area contributed by atoms with Crippen LogP contribution in [0.4, 0.5) is 0 Å². The van der Waals surface area contributed by atoms with Crippen molar-refractivity contribution in [3.63, 3.8) is 0 Å². The molecule has 0 amide bonds. The summed E-state index contributed by atoms with van der Waals surface area (Å²) in [6, 6.07) is 21.3. The predicted octanol–water partition coefficient (Wildman–Crippen LogP) is 5.52. The van der Waals surface area contributed by atoms with E-state index in [0.717, 1.165) is 128 Å². The second-order valence-corrected chi connectivity index (χ2v) is 26.5. The first-order valence-electron chi connectivity index (χ1n) is 33.9. The lowest BCUT2D eigenvalue weighted by atomic mass is 9.50. The molecule has 0 aromatic heterocycles. The summed E-state index contributed by atoms with van der Waals surface area (Å²) in [5, 5.41) is 127. The van der Waals surface area contributed by atoms with Crippen molar-refractivity contribution in [1.29, 1.82) is 0 Å². The topological polar surface area (TPSA) is 490 Å². The Bertz CT molecular complexity index is 4440. The Kier molecular flexibility index (Phi) is 22.9.